The molecule has 3 rings (SSSR count). The molecule has 1 saturated carbocycles. The average Bonchev–Trinajstić information content (AvgIpc) is 3.11. The minimum absolute atomic E-state index is 0.00655. The molecule has 0 radical (unpaired) electrons. The quantitative estimate of drug-likeness (QED) is 0.671. The Balaban J connectivity index is 1.86. The van der Waals surface area contributed by atoms with E-state index >= 15 is 0 Å². The minimum Gasteiger partial charge on any atom is -0.399 e. The maximum absolute atomic E-state index is 13.0. The van der Waals surface area contributed by atoms with Gasteiger partial charge in [0.15, 0.2) is 0 Å². The summed E-state index contributed by atoms with van der Waals surface area (Å²) < 4.78 is 0. The molecule has 5 heteroatoms. The van der Waals surface area contributed by atoms with Crippen molar-refractivity contribution in [2.45, 2.75) is 52.0 Å². The number of amides is 2. The van der Waals surface area contributed by atoms with Gasteiger partial charge in [0.25, 0.3) is 11.8 Å². The highest BCUT2D eigenvalue weighted by Crippen LogP contribution is 2.46. The van der Waals surface area contributed by atoms with Gasteiger partial charge >= 0.3 is 0 Å². The number of benzene rings is 1. The Bertz CT molecular complexity index is 591. The second-order valence-corrected chi connectivity index (χ2v) is 6.68. The number of anilines is 1. The molecule has 0 bridgehead atoms. The van der Waals surface area contributed by atoms with Crippen LogP contribution in [0.1, 0.15) is 51.0 Å². The van der Waals surface area contributed by atoms with Gasteiger partial charge in [-0.05, 0) is 37.0 Å². The maximum Gasteiger partial charge on any atom is 0.257 e. The normalized spacial score (nSPS) is 20.0. The van der Waals surface area contributed by atoms with Crippen LogP contribution < -0.4 is 5.73 Å². The SMILES string of the molecule is CCCCN1C(=O)C2(CCCC2)C(=O)N1Cc1ccc(N)cc1. The number of nitrogens with zero attached hydrogens (tertiary/aromatic N) is 2. The molecular weight excluding hydrogens is 290 g/mol. The van der Waals surface area contributed by atoms with Crippen LogP contribution in [0.4, 0.5) is 5.69 Å². The highest BCUT2D eigenvalue weighted by Gasteiger charge is 2.58. The highest BCUT2D eigenvalue weighted by atomic mass is 16.2. The average molecular weight is 315 g/mol. The van der Waals surface area contributed by atoms with Crippen molar-refractivity contribution in [2.24, 2.45) is 5.41 Å². The van der Waals surface area contributed by atoms with Gasteiger partial charge < -0.3 is 5.73 Å². The van der Waals surface area contributed by atoms with E-state index < -0.39 is 5.41 Å². The first-order valence-corrected chi connectivity index (χ1v) is 8.57. The van der Waals surface area contributed by atoms with Gasteiger partial charge in [0, 0.05) is 12.2 Å². The third-order valence-electron chi connectivity index (χ3n) is 5.07. The van der Waals surface area contributed by atoms with Crippen LogP contribution in [0.25, 0.3) is 0 Å². The number of hydrazine groups is 1. The summed E-state index contributed by atoms with van der Waals surface area (Å²) in [6.07, 6.45) is 5.24. The molecule has 0 aromatic heterocycles. The summed E-state index contributed by atoms with van der Waals surface area (Å²) >= 11 is 0. The molecule has 23 heavy (non-hydrogen) atoms. The van der Waals surface area contributed by atoms with E-state index in [-0.39, 0.29) is 11.8 Å². The summed E-state index contributed by atoms with van der Waals surface area (Å²) in [5.41, 5.74) is 6.65. The van der Waals surface area contributed by atoms with Crippen molar-refractivity contribution < 1.29 is 9.59 Å². The molecule has 0 atom stereocenters. The van der Waals surface area contributed by atoms with E-state index in [2.05, 4.69) is 6.92 Å². The van der Waals surface area contributed by atoms with Crippen molar-refractivity contribution in [1.29, 1.82) is 0 Å². The number of hydrogen-bond donors (Lipinski definition) is 1. The molecule has 2 N–H and O–H groups in total. The topological polar surface area (TPSA) is 66.6 Å². The number of carbonyl (C=O) groups is 2. The first-order chi connectivity index (χ1) is 11.1. The highest BCUT2D eigenvalue weighted by molar-refractivity contribution is 6.09. The summed E-state index contributed by atoms with van der Waals surface area (Å²) in [5.74, 6) is 0.0109. The predicted molar refractivity (Wildman–Crippen MR) is 88.9 cm³/mol. The van der Waals surface area contributed by atoms with Gasteiger partial charge in [-0.3, -0.25) is 14.6 Å². The first-order valence-electron chi connectivity index (χ1n) is 8.57. The molecule has 1 aromatic rings. The zero-order valence-electron chi connectivity index (χ0n) is 13.8. The standard InChI is InChI=1S/C18H25N3O2/c1-2-3-12-20-16(22)18(10-4-5-11-18)17(23)21(20)13-14-6-8-15(19)9-7-14/h6-9H,2-5,10-13,19H2,1H3. The lowest BCUT2D eigenvalue weighted by Crippen LogP contribution is -2.40. The first kappa shape index (κ1) is 15.8. The molecule has 1 saturated heterocycles. The lowest BCUT2D eigenvalue weighted by Gasteiger charge is -2.27. The van der Waals surface area contributed by atoms with E-state index in [1.807, 2.05) is 24.3 Å². The Kier molecular flexibility index (Phi) is 4.28. The maximum atomic E-state index is 13.0. The van der Waals surface area contributed by atoms with Gasteiger partial charge in [0.1, 0.15) is 5.41 Å². The van der Waals surface area contributed by atoms with Crippen molar-refractivity contribution in [2.75, 3.05) is 12.3 Å². The molecule has 1 spiro atoms. The summed E-state index contributed by atoms with van der Waals surface area (Å²) in [4.78, 5) is 26.0. The number of unbranched alkanes of at least 4 members (excludes halogenated alkanes) is 1. The van der Waals surface area contributed by atoms with Crippen molar-refractivity contribution in [1.82, 2.24) is 10.0 Å². The van der Waals surface area contributed by atoms with E-state index in [0.29, 0.717) is 31.6 Å². The number of hydrogen-bond acceptors (Lipinski definition) is 3. The molecule has 2 fully saturated rings. The Hall–Kier alpha value is -2.04. The zero-order chi connectivity index (χ0) is 16.4. The largest absolute Gasteiger partial charge is 0.399 e. The van der Waals surface area contributed by atoms with Gasteiger partial charge in [-0.15, -0.1) is 0 Å². The van der Waals surface area contributed by atoms with E-state index in [4.69, 9.17) is 5.73 Å². The molecule has 1 aliphatic carbocycles. The van der Waals surface area contributed by atoms with Crippen LogP contribution in [-0.4, -0.2) is 28.4 Å². The van der Waals surface area contributed by atoms with Crippen LogP contribution >= 0.6 is 0 Å². The van der Waals surface area contributed by atoms with Crippen molar-refractivity contribution >= 4 is 17.5 Å². The van der Waals surface area contributed by atoms with Crippen molar-refractivity contribution in [3.05, 3.63) is 29.8 Å². The Morgan fingerprint density at radius 2 is 1.65 bits per heavy atom. The van der Waals surface area contributed by atoms with E-state index in [0.717, 1.165) is 31.2 Å². The summed E-state index contributed by atoms with van der Waals surface area (Å²) in [6, 6.07) is 7.51. The third-order valence-corrected chi connectivity index (χ3v) is 5.07. The van der Waals surface area contributed by atoms with Gasteiger partial charge in [-0.25, -0.2) is 5.01 Å². The van der Waals surface area contributed by atoms with Gasteiger partial charge in [0.2, 0.25) is 0 Å². The van der Waals surface area contributed by atoms with E-state index in [1.54, 1.807) is 10.0 Å². The molecule has 1 aliphatic heterocycles. The Morgan fingerprint density at radius 1 is 1.04 bits per heavy atom. The van der Waals surface area contributed by atoms with Gasteiger partial charge in [-0.2, -0.15) is 0 Å². The van der Waals surface area contributed by atoms with Crippen LogP contribution in [0.5, 0.6) is 0 Å². The predicted octanol–water partition coefficient (Wildman–Crippen LogP) is 2.72. The Labute approximate surface area is 137 Å². The van der Waals surface area contributed by atoms with Crippen LogP contribution in [0.2, 0.25) is 0 Å². The van der Waals surface area contributed by atoms with Crippen LogP contribution in [0, 0.1) is 5.41 Å². The lowest BCUT2D eigenvalue weighted by molar-refractivity contribution is -0.148. The fourth-order valence-corrected chi connectivity index (χ4v) is 3.69. The third kappa shape index (κ3) is 2.69. The molecule has 124 valence electrons. The van der Waals surface area contributed by atoms with Gasteiger partial charge in [-0.1, -0.05) is 38.3 Å². The zero-order valence-corrected chi connectivity index (χ0v) is 13.8. The fraction of sp³-hybridized carbons (Fsp3) is 0.556. The molecule has 1 aromatic carbocycles. The monoisotopic (exact) mass is 315 g/mol. The van der Waals surface area contributed by atoms with E-state index in [1.165, 1.54) is 0 Å². The number of rotatable bonds is 5. The van der Waals surface area contributed by atoms with Crippen molar-refractivity contribution in [3.63, 3.8) is 0 Å². The Morgan fingerprint density at radius 3 is 2.26 bits per heavy atom. The summed E-state index contributed by atoms with van der Waals surface area (Å²) in [7, 11) is 0. The molecule has 2 amide bonds. The summed E-state index contributed by atoms with van der Waals surface area (Å²) in [5, 5.41) is 3.38. The fourth-order valence-electron chi connectivity index (χ4n) is 3.69. The lowest BCUT2D eigenvalue weighted by atomic mass is 9.85. The molecular formula is C18H25N3O2. The molecule has 0 unspecified atom stereocenters. The number of nitrogens with two attached hydrogens (primary N) is 1. The molecule has 5 nitrogen and oxygen atoms in total. The van der Waals surface area contributed by atoms with Crippen LogP contribution in [0.15, 0.2) is 24.3 Å². The van der Waals surface area contributed by atoms with Crippen LogP contribution in [0.3, 0.4) is 0 Å². The minimum atomic E-state index is -0.776. The van der Waals surface area contributed by atoms with Crippen molar-refractivity contribution in [3.8, 4) is 0 Å². The molecule has 1 heterocycles. The van der Waals surface area contributed by atoms with Crippen LogP contribution in [-0.2, 0) is 16.1 Å². The second kappa shape index (κ2) is 6.22. The number of nitrogen functional groups attached to an aromatic ring is 1. The summed E-state index contributed by atoms with van der Waals surface area (Å²) in [6.45, 7) is 3.16. The molecule has 2 aliphatic rings. The van der Waals surface area contributed by atoms with E-state index in [9.17, 15) is 9.59 Å². The second-order valence-electron chi connectivity index (χ2n) is 6.68. The smallest absolute Gasteiger partial charge is 0.257 e. The number of carbonyl (C=O) groups excluding carboxylic acids is 2. The van der Waals surface area contributed by atoms with Gasteiger partial charge in [0.05, 0.1) is 6.54 Å².